The molecule has 0 radical (unpaired) electrons. The number of rotatable bonds is 7. The average molecular weight is 228 g/mol. The largest absolute Gasteiger partial charge is 0.385 e. The fourth-order valence-electron chi connectivity index (χ4n) is 2.46. The van der Waals surface area contributed by atoms with Gasteiger partial charge in [0.15, 0.2) is 0 Å². The van der Waals surface area contributed by atoms with E-state index in [4.69, 9.17) is 10.5 Å². The number of nitrogens with two attached hydrogens (primary N) is 1. The van der Waals surface area contributed by atoms with Gasteiger partial charge in [0.05, 0.1) is 0 Å². The van der Waals surface area contributed by atoms with Crippen molar-refractivity contribution in [2.24, 2.45) is 17.1 Å². The van der Waals surface area contributed by atoms with E-state index in [0.717, 1.165) is 26.1 Å². The first kappa shape index (κ1) is 13.9. The Labute approximate surface area is 100 Å². The molecule has 0 aromatic heterocycles. The Kier molecular flexibility index (Phi) is 5.73. The molecular weight excluding hydrogens is 200 g/mol. The van der Waals surface area contributed by atoms with Crippen LogP contribution in [0.2, 0.25) is 0 Å². The van der Waals surface area contributed by atoms with Crippen LogP contribution >= 0.6 is 0 Å². The fraction of sp³-hybridized carbons (Fsp3) is 1.00. The quantitative estimate of drug-likeness (QED) is 0.698. The molecule has 2 atom stereocenters. The molecule has 96 valence electrons. The summed E-state index contributed by atoms with van der Waals surface area (Å²) < 4.78 is 5.14. The molecule has 0 amide bonds. The van der Waals surface area contributed by atoms with Gasteiger partial charge in [-0.25, -0.2) is 0 Å². The van der Waals surface area contributed by atoms with E-state index in [-0.39, 0.29) is 0 Å². The number of hydrogen-bond donors (Lipinski definition) is 2. The number of nitrogens with one attached hydrogen (secondary N) is 1. The lowest BCUT2D eigenvalue weighted by molar-refractivity contribution is 0.147. The zero-order chi connectivity index (χ0) is 12.0. The van der Waals surface area contributed by atoms with Crippen molar-refractivity contribution < 1.29 is 4.74 Å². The molecule has 1 aliphatic rings. The molecule has 1 rings (SSSR count). The molecular formula is C13H28N2O. The maximum atomic E-state index is 5.78. The molecule has 0 saturated heterocycles. The van der Waals surface area contributed by atoms with Gasteiger partial charge in [-0.1, -0.05) is 20.3 Å². The lowest BCUT2D eigenvalue weighted by Crippen LogP contribution is -2.41. The average Bonchev–Trinajstić information content (AvgIpc) is 2.71. The summed E-state index contributed by atoms with van der Waals surface area (Å²) in [5.74, 6) is 0.693. The minimum atomic E-state index is 0.317. The van der Waals surface area contributed by atoms with Gasteiger partial charge < -0.3 is 15.8 Å². The van der Waals surface area contributed by atoms with E-state index in [1.54, 1.807) is 7.11 Å². The van der Waals surface area contributed by atoms with E-state index in [2.05, 4.69) is 19.2 Å². The minimum Gasteiger partial charge on any atom is -0.385 e. The third-order valence-electron chi connectivity index (χ3n) is 3.79. The van der Waals surface area contributed by atoms with Gasteiger partial charge in [0, 0.05) is 26.3 Å². The SMILES string of the molecule is COCCC(C)(C)CNC1CCCC1CN. The second kappa shape index (κ2) is 6.58. The Morgan fingerprint density at radius 1 is 1.38 bits per heavy atom. The van der Waals surface area contributed by atoms with Gasteiger partial charge in [0.1, 0.15) is 0 Å². The highest BCUT2D eigenvalue weighted by molar-refractivity contribution is 4.85. The first-order valence-electron chi connectivity index (χ1n) is 6.51. The van der Waals surface area contributed by atoms with Gasteiger partial charge in [-0.05, 0) is 37.1 Å². The smallest absolute Gasteiger partial charge is 0.0467 e. The molecule has 3 heteroatoms. The molecule has 0 aromatic rings. The predicted molar refractivity (Wildman–Crippen MR) is 68.5 cm³/mol. The molecule has 1 fully saturated rings. The van der Waals surface area contributed by atoms with Crippen molar-refractivity contribution in [1.29, 1.82) is 0 Å². The van der Waals surface area contributed by atoms with Crippen molar-refractivity contribution in [3.05, 3.63) is 0 Å². The molecule has 0 aromatic carbocycles. The van der Waals surface area contributed by atoms with E-state index in [1.165, 1.54) is 19.3 Å². The van der Waals surface area contributed by atoms with Gasteiger partial charge in [-0.15, -0.1) is 0 Å². The van der Waals surface area contributed by atoms with Crippen molar-refractivity contribution in [2.75, 3.05) is 26.8 Å². The van der Waals surface area contributed by atoms with Crippen LogP contribution in [0, 0.1) is 11.3 Å². The van der Waals surface area contributed by atoms with E-state index in [1.807, 2.05) is 0 Å². The summed E-state index contributed by atoms with van der Waals surface area (Å²) in [7, 11) is 1.77. The summed E-state index contributed by atoms with van der Waals surface area (Å²) in [6, 6.07) is 0.645. The van der Waals surface area contributed by atoms with Gasteiger partial charge in [-0.2, -0.15) is 0 Å². The normalized spacial score (nSPS) is 26.2. The van der Waals surface area contributed by atoms with Gasteiger partial charge in [0.2, 0.25) is 0 Å². The van der Waals surface area contributed by atoms with Crippen molar-refractivity contribution in [1.82, 2.24) is 5.32 Å². The van der Waals surface area contributed by atoms with Crippen molar-refractivity contribution in [2.45, 2.75) is 45.6 Å². The first-order chi connectivity index (χ1) is 7.59. The standard InChI is InChI=1S/C13H28N2O/c1-13(2,7-8-16-3)10-15-12-6-4-5-11(12)9-14/h11-12,15H,4-10,14H2,1-3H3. The molecule has 1 aliphatic carbocycles. The van der Waals surface area contributed by atoms with Crippen molar-refractivity contribution in [3.8, 4) is 0 Å². The van der Waals surface area contributed by atoms with E-state index >= 15 is 0 Å². The van der Waals surface area contributed by atoms with E-state index in [0.29, 0.717) is 17.4 Å². The Hall–Kier alpha value is -0.120. The first-order valence-corrected chi connectivity index (χ1v) is 6.51. The maximum absolute atomic E-state index is 5.78. The summed E-state index contributed by atoms with van der Waals surface area (Å²) in [4.78, 5) is 0. The second-order valence-corrected chi connectivity index (χ2v) is 5.82. The van der Waals surface area contributed by atoms with Crippen LogP contribution < -0.4 is 11.1 Å². The van der Waals surface area contributed by atoms with Crippen LogP contribution in [0.5, 0.6) is 0 Å². The molecule has 0 bridgehead atoms. The lowest BCUT2D eigenvalue weighted by atomic mass is 9.89. The molecule has 3 nitrogen and oxygen atoms in total. The highest BCUT2D eigenvalue weighted by atomic mass is 16.5. The zero-order valence-electron chi connectivity index (χ0n) is 11.1. The molecule has 2 unspecified atom stereocenters. The molecule has 1 saturated carbocycles. The van der Waals surface area contributed by atoms with Crippen LogP contribution in [0.3, 0.4) is 0 Å². The molecule has 16 heavy (non-hydrogen) atoms. The third-order valence-corrected chi connectivity index (χ3v) is 3.79. The number of methoxy groups -OCH3 is 1. The van der Waals surface area contributed by atoms with Crippen LogP contribution in [0.15, 0.2) is 0 Å². The Morgan fingerprint density at radius 3 is 2.75 bits per heavy atom. The van der Waals surface area contributed by atoms with Crippen molar-refractivity contribution in [3.63, 3.8) is 0 Å². The van der Waals surface area contributed by atoms with Crippen LogP contribution in [0.25, 0.3) is 0 Å². The molecule has 3 N–H and O–H groups in total. The summed E-state index contributed by atoms with van der Waals surface area (Å²) >= 11 is 0. The summed E-state index contributed by atoms with van der Waals surface area (Å²) in [6.45, 7) is 7.34. The molecule has 0 heterocycles. The highest BCUT2D eigenvalue weighted by Crippen LogP contribution is 2.26. The van der Waals surface area contributed by atoms with Gasteiger partial charge in [0.25, 0.3) is 0 Å². The zero-order valence-corrected chi connectivity index (χ0v) is 11.1. The maximum Gasteiger partial charge on any atom is 0.0467 e. The van der Waals surface area contributed by atoms with Crippen LogP contribution in [0.1, 0.15) is 39.5 Å². The Balaban J connectivity index is 2.27. The van der Waals surface area contributed by atoms with Crippen LogP contribution in [-0.2, 0) is 4.74 Å². The van der Waals surface area contributed by atoms with E-state index < -0.39 is 0 Å². The van der Waals surface area contributed by atoms with Crippen molar-refractivity contribution >= 4 is 0 Å². The minimum absolute atomic E-state index is 0.317. The van der Waals surface area contributed by atoms with Crippen LogP contribution in [0.4, 0.5) is 0 Å². The summed E-state index contributed by atoms with van der Waals surface area (Å²) in [5, 5.41) is 3.70. The third kappa shape index (κ3) is 4.40. The second-order valence-electron chi connectivity index (χ2n) is 5.82. The number of hydrogen-bond acceptors (Lipinski definition) is 3. The number of ether oxygens (including phenoxy) is 1. The molecule has 0 spiro atoms. The summed E-state index contributed by atoms with van der Waals surface area (Å²) in [6.07, 6.45) is 5.03. The van der Waals surface area contributed by atoms with Crippen LogP contribution in [-0.4, -0.2) is 32.8 Å². The fourth-order valence-corrected chi connectivity index (χ4v) is 2.46. The predicted octanol–water partition coefficient (Wildman–Crippen LogP) is 1.77. The Bertz CT molecular complexity index is 194. The van der Waals surface area contributed by atoms with Gasteiger partial charge >= 0.3 is 0 Å². The van der Waals surface area contributed by atoms with E-state index in [9.17, 15) is 0 Å². The summed E-state index contributed by atoms with van der Waals surface area (Å²) in [5.41, 5.74) is 6.10. The highest BCUT2D eigenvalue weighted by Gasteiger charge is 2.27. The Morgan fingerprint density at radius 2 is 2.12 bits per heavy atom. The topological polar surface area (TPSA) is 47.3 Å². The molecule has 0 aliphatic heterocycles. The van der Waals surface area contributed by atoms with Gasteiger partial charge in [-0.3, -0.25) is 0 Å². The lowest BCUT2D eigenvalue weighted by Gasteiger charge is -2.28. The monoisotopic (exact) mass is 228 g/mol.